The van der Waals surface area contributed by atoms with E-state index in [0.717, 1.165) is 0 Å². The average Bonchev–Trinajstić information content (AvgIpc) is 3.41. The zero-order chi connectivity index (χ0) is 30.0. The molecule has 0 spiro atoms. The number of para-hydroxylation sites is 2. The summed E-state index contributed by atoms with van der Waals surface area (Å²) in [5.74, 6) is 1.55. The van der Waals surface area contributed by atoms with E-state index in [1.807, 2.05) is 0 Å². The third-order valence-corrected chi connectivity index (χ3v) is 10.5. The smallest absolute Gasteiger partial charge is 0.187 e. The van der Waals surface area contributed by atoms with Crippen molar-refractivity contribution in [3.63, 3.8) is 0 Å². The maximum atomic E-state index is 3.97. The molecule has 0 saturated heterocycles. The summed E-state index contributed by atoms with van der Waals surface area (Å²) in [5, 5.41) is 2.68. The van der Waals surface area contributed by atoms with E-state index in [1.165, 1.54) is 49.7 Å². The fraction of sp³-hybridized carbons (Fsp3) is 0.308. The number of nitrogens with zero attached hydrogens (tertiary/aromatic N) is 2. The van der Waals surface area contributed by atoms with Gasteiger partial charge in [0.15, 0.2) is 5.44 Å². The number of rotatable bonds is 9. The Hall–Kier alpha value is -3.48. The summed E-state index contributed by atoms with van der Waals surface area (Å²) >= 11 is 0. The molecule has 0 bridgehead atoms. The van der Waals surface area contributed by atoms with Crippen LogP contribution in [0.5, 0.6) is 0 Å². The first-order valence-electron chi connectivity index (χ1n) is 15.4. The number of imidazole rings is 1. The molecule has 3 heteroatoms. The minimum atomic E-state index is -0.862. The van der Waals surface area contributed by atoms with Gasteiger partial charge in [-0.3, -0.25) is 0 Å². The van der Waals surface area contributed by atoms with Crippen molar-refractivity contribution in [2.45, 2.75) is 79.1 Å². The van der Waals surface area contributed by atoms with Gasteiger partial charge in [-0.25, -0.2) is 0 Å². The molecule has 42 heavy (non-hydrogen) atoms. The first kappa shape index (κ1) is 30.0. The highest BCUT2D eigenvalue weighted by Crippen LogP contribution is 2.37. The Morgan fingerprint density at radius 1 is 0.524 bits per heavy atom. The van der Waals surface area contributed by atoms with Gasteiger partial charge in [-0.05, 0) is 34.3 Å². The van der Waals surface area contributed by atoms with E-state index < -0.39 is 7.92 Å². The van der Waals surface area contributed by atoms with E-state index in [2.05, 4.69) is 174 Å². The maximum Gasteiger partial charge on any atom is 0.385 e. The minimum Gasteiger partial charge on any atom is -0.187 e. The Kier molecular flexibility index (Phi) is 9.14. The molecule has 5 rings (SSSR count). The molecule has 0 N–H and O–H groups in total. The van der Waals surface area contributed by atoms with Crippen LogP contribution in [0.2, 0.25) is 0 Å². The summed E-state index contributed by atoms with van der Waals surface area (Å²) in [4.78, 5) is 0. The molecule has 0 amide bonds. The number of benzene rings is 4. The highest BCUT2D eigenvalue weighted by molar-refractivity contribution is 7.79. The van der Waals surface area contributed by atoms with Gasteiger partial charge in [0.1, 0.15) is 17.6 Å². The fourth-order valence-corrected chi connectivity index (χ4v) is 8.27. The molecule has 2 nitrogen and oxygen atoms in total. The Morgan fingerprint density at radius 2 is 0.929 bits per heavy atom. The molecule has 4 aromatic carbocycles. The quantitative estimate of drug-likeness (QED) is 0.123. The van der Waals surface area contributed by atoms with Crippen molar-refractivity contribution in [3.8, 4) is 11.4 Å². The molecule has 0 aliphatic heterocycles. The Morgan fingerprint density at radius 3 is 1.33 bits per heavy atom. The molecule has 0 aliphatic rings. The van der Waals surface area contributed by atoms with Gasteiger partial charge in [-0.2, -0.15) is 9.13 Å². The zero-order valence-corrected chi connectivity index (χ0v) is 27.4. The second-order valence-electron chi connectivity index (χ2n) is 12.5. The normalized spacial score (nSPS) is 11.9. The molecular weight excluding hydrogens is 527 g/mol. The topological polar surface area (TPSA) is 8.81 Å². The van der Waals surface area contributed by atoms with Crippen LogP contribution in [-0.4, -0.2) is 4.57 Å². The molecule has 0 saturated carbocycles. The van der Waals surface area contributed by atoms with Crippen LogP contribution in [0.15, 0.2) is 103 Å². The number of hydrogen-bond acceptors (Lipinski definition) is 0. The Balaban J connectivity index is 1.92. The van der Waals surface area contributed by atoms with Gasteiger partial charge in [0.2, 0.25) is 0 Å². The second kappa shape index (κ2) is 12.8. The molecule has 0 unspecified atom stereocenters. The molecular formula is C39H45N2P+. The summed E-state index contributed by atoms with van der Waals surface area (Å²) in [7, 11) is -0.862. The van der Waals surface area contributed by atoms with E-state index in [4.69, 9.17) is 0 Å². The van der Waals surface area contributed by atoms with Crippen LogP contribution >= 0.6 is 7.92 Å². The van der Waals surface area contributed by atoms with Gasteiger partial charge in [-0.15, -0.1) is 0 Å². The van der Waals surface area contributed by atoms with Crippen LogP contribution in [0.4, 0.5) is 0 Å². The van der Waals surface area contributed by atoms with Crippen molar-refractivity contribution >= 4 is 24.0 Å². The van der Waals surface area contributed by atoms with Crippen LogP contribution in [0.1, 0.15) is 101 Å². The number of hydrogen-bond donors (Lipinski definition) is 0. The van der Waals surface area contributed by atoms with Gasteiger partial charge in [0.05, 0.1) is 0 Å². The molecule has 1 radical (unpaired) electrons. The second-order valence-corrected chi connectivity index (χ2v) is 14.6. The van der Waals surface area contributed by atoms with Crippen molar-refractivity contribution in [1.82, 2.24) is 4.57 Å². The zero-order valence-electron chi connectivity index (χ0n) is 26.5. The van der Waals surface area contributed by atoms with Gasteiger partial charge in [-0.1, -0.05) is 152 Å². The fourth-order valence-electron chi connectivity index (χ4n) is 5.93. The van der Waals surface area contributed by atoms with Gasteiger partial charge in [0, 0.05) is 30.2 Å². The molecule has 0 aliphatic carbocycles. The summed E-state index contributed by atoms with van der Waals surface area (Å²) in [5.41, 5.74) is 9.27. The largest absolute Gasteiger partial charge is 0.385 e. The highest BCUT2D eigenvalue weighted by Gasteiger charge is 2.33. The van der Waals surface area contributed by atoms with Crippen LogP contribution in [0, 0.1) is 6.33 Å². The molecule has 5 aromatic rings. The summed E-state index contributed by atoms with van der Waals surface area (Å²) in [6.07, 6.45) is 6.35. The van der Waals surface area contributed by atoms with Crippen molar-refractivity contribution in [1.29, 1.82) is 0 Å². The first-order valence-corrected chi connectivity index (χ1v) is 16.8. The van der Waals surface area contributed by atoms with Crippen LogP contribution in [0.25, 0.3) is 11.4 Å². The van der Waals surface area contributed by atoms with Crippen molar-refractivity contribution in [3.05, 3.63) is 132 Å². The van der Waals surface area contributed by atoms with Crippen molar-refractivity contribution in [2.24, 2.45) is 0 Å². The highest BCUT2D eigenvalue weighted by atomic mass is 31.1. The van der Waals surface area contributed by atoms with Gasteiger partial charge < -0.3 is 0 Å². The lowest BCUT2D eigenvalue weighted by molar-refractivity contribution is -0.600. The Bertz CT molecular complexity index is 1540. The lowest BCUT2D eigenvalue weighted by Gasteiger charge is -2.20. The molecule has 1 aromatic heterocycles. The minimum absolute atomic E-state index is 0.379. The van der Waals surface area contributed by atoms with Crippen molar-refractivity contribution in [2.75, 3.05) is 0 Å². The predicted molar refractivity (Wildman–Crippen MR) is 181 cm³/mol. The standard InChI is InChI=1S/C39H45N2P/c1-27(2)33-21-15-22-34(28(3)4)38(33)40-25-37(42(31-17-11-9-12-18-31)32-19-13-10-14-20-32)41(26-40)39-35(29(5)6)23-16-24-36(39)30(7)8/h9-25,27-30H,1-8H3/q+1. The average molecular weight is 573 g/mol. The SMILES string of the molecule is CC(C)c1cccc(C(C)C)c1-n1[c][n+](-c2c(C(C)C)cccc2C(C)C)cc1P(c1ccccc1)c1ccccc1. The molecule has 1 heterocycles. The van der Waals surface area contributed by atoms with Gasteiger partial charge >= 0.3 is 6.33 Å². The maximum absolute atomic E-state index is 3.97. The molecule has 0 fully saturated rings. The third-order valence-electron chi connectivity index (χ3n) is 8.09. The monoisotopic (exact) mass is 572 g/mol. The van der Waals surface area contributed by atoms with Crippen molar-refractivity contribution < 1.29 is 4.57 Å². The molecule has 0 atom stereocenters. The third kappa shape index (κ3) is 5.88. The number of aromatic nitrogens is 2. The lowest BCUT2D eigenvalue weighted by atomic mass is 9.92. The predicted octanol–water partition coefficient (Wildman–Crippen LogP) is 8.81. The Labute approximate surface area is 254 Å². The van der Waals surface area contributed by atoms with E-state index >= 15 is 0 Å². The lowest BCUT2D eigenvalue weighted by Crippen LogP contribution is -2.33. The van der Waals surface area contributed by atoms with Crippen LogP contribution in [0.3, 0.4) is 0 Å². The van der Waals surface area contributed by atoms with E-state index in [9.17, 15) is 0 Å². The first-order chi connectivity index (χ1) is 20.2. The van der Waals surface area contributed by atoms with E-state index in [-0.39, 0.29) is 0 Å². The summed E-state index contributed by atoms with van der Waals surface area (Å²) in [6, 6.07) is 35.7. The summed E-state index contributed by atoms with van der Waals surface area (Å²) in [6.45, 7) is 18.4. The van der Waals surface area contributed by atoms with E-state index in [0.29, 0.717) is 23.7 Å². The molecule has 215 valence electrons. The van der Waals surface area contributed by atoms with Crippen LogP contribution < -0.4 is 20.6 Å². The van der Waals surface area contributed by atoms with Crippen LogP contribution in [-0.2, 0) is 0 Å². The summed E-state index contributed by atoms with van der Waals surface area (Å²) < 4.78 is 4.75. The van der Waals surface area contributed by atoms with E-state index in [1.54, 1.807) is 0 Å². The van der Waals surface area contributed by atoms with Gasteiger partial charge in [0.25, 0.3) is 0 Å².